The van der Waals surface area contributed by atoms with E-state index >= 15 is 0 Å². The van der Waals surface area contributed by atoms with Crippen molar-refractivity contribution in [2.45, 2.75) is 32.6 Å². The molecule has 0 aliphatic heterocycles. The van der Waals surface area contributed by atoms with Crippen LogP contribution in [0.25, 0.3) is 0 Å². The molecule has 0 fully saturated rings. The van der Waals surface area contributed by atoms with E-state index in [0.29, 0.717) is 30.4 Å². The van der Waals surface area contributed by atoms with Gasteiger partial charge < -0.3 is 19.5 Å². The highest BCUT2D eigenvalue weighted by atomic mass is 32.2. The van der Waals surface area contributed by atoms with Crippen molar-refractivity contribution >= 4 is 27.6 Å². The van der Waals surface area contributed by atoms with E-state index in [1.807, 2.05) is 13.8 Å². The van der Waals surface area contributed by atoms with Crippen LogP contribution in [0.2, 0.25) is 0 Å². The van der Waals surface area contributed by atoms with Gasteiger partial charge in [-0.15, -0.1) is 0 Å². The molecule has 2 rings (SSSR count). The molecule has 2 aromatic rings. The molecule has 0 aliphatic rings. The van der Waals surface area contributed by atoms with Crippen LogP contribution in [-0.4, -0.2) is 57.5 Å². The second kappa shape index (κ2) is 12.3. The Morgan fingerprint density at radius 2 is 1.59 bits per heavy atom. The summed E-state index contributed by atoms with van der Waals surface area (Å²) in [6.45, 7) is 7.53. The molecule has 0 unspecified atom stereocenters. The van der Waals surface area contributed by atoms with Crippen molar-refractivity contribution in [3.05, 3.63) is 47.8 Å². The summed E-state index contributed by atoms with van der Waals surface area (Å²) in [5.41, 5.74) is -0.202. The number of carbonyl (C=O) groups is 2. The Kier molecular flexibility index (Phi) is 9.82. The summed E-state index contributed by atoms with van der Waals surface area (Å²) in [6.07, 6.45) is 0. The van der Waals surface area contributed by atoms with Crippen molar-refractivity contribution < 1.29 is 36.6 Å². The number of nitrogens with one attached hydrogen (secondary N) is 1. The smallest absolute Gasteiger partial charge is 0.341 e. The average Bonchev–Trinajstić information content (AvgIpc) is 2.80. The van der Waals surface area contributed by atoms with E-state index in [4.69, 9.17) is 14.2 Å². The molecular weight excluding hydrogens is 467 g/mol. The maximum atomic E-state index is 14.2. The van der Waals surface area contributed by atoms with Crippen molar-refractivity contribution in [2.75, 3.05) is 38.2 Å². The van der Waals surface area contributed by atoms with E-state index in [0.717, 1.165) is 18.2 Å². The molecule has 34 heavy (non-hydrogen) atoms. The third-order valence-corrected chi connectivity index (χ3v) is 6.71. The molecule has 0 bridgehead atoms. The van der Waals surface area contributed by atoms with Gasteiger partial charge in [0.2, 0.25) is 10.0 Å². The van der Waals surface area contributed by atoms with Gasteiger partial charge in [-0.05, 0) is 44.2 Å². The zero-order valence-corrected chi connectivity index (χ0v) is 20.4. The number of hydrogen-bond donors (Lipinski definition) is 1. The fraction of sp³-hybridized carbons (Fsp3) is 0.391. The maximum absolute atomic E-state index is 14.2. The maximum Gasteiger partial charge on any atom is 0.341 e. The van der Waals surface area contributed by atoms with E-state index < -0.39 is 39.9 Å². The predicted octanol–water partition coefficient (Wildman–Crippen LogP) is 3.45. The van der Waals surface area contributed by atoms with Crippen LogP contribution >= 0.6 is 0 Å². The van der Waals surface area contributed by atoms with Gasteiger partial charge in [-0.2, -0.15) is 4.31 Å². The van der Waals surface area contributed by atoms with Crippen LogP contribution in [0.1, 0.15) is 38.1 Å². The number of benzene rings is 2. The van der Waals surface area contributed by atoms with Crippen LogP contribution in [-0.2, 0) is 19.6 Å². The van der Waals surface area contributed by atoms with Gasteiger partial charge in [0.25, 0.3) is 5.91 Å². The number of carbonyl (C=O) groups excluding carboxylic acids is 2. The van der Waals surface area contributed by atoms with Crippen LogP contribution in [0, 0.1) is 5.82 Å². The van der Waals surface area contributed by atoms with Crippen LogP contribution < -0.4 is 14.8 Å². The molecule has 1 amide bonds. The van der Waals surface area contributed by atoms with Crippen molar-refractivity contribution in [1.82, 2.24) is 4.31 Å². The lowest BCUT2D eigenvalue weighted by Gasteiger charge is -2.18. The van der Waals surface area contributed by atoms with Crippen LogP contribution in [0.5, 0.6) is 11.5 Å². The fourth-order valence-electron chi connectivity index (χ4n) is 3.07. The first-order valence-electron chi connectivity index (χ1n) is 10.8. The quantitative estimate of drug-likeness (QED) is 0.448. The van der Waals surface area contributed by atoms with E-state index in [1.54, 1.807) is 32.0 Å². The first-order valence-corrected chi connectivity index (χ1v) is 12.3. The van der Waals surface area contributed by atoms with Crippen molar-refractivity contribution in [2.24, 2.45) is 0 Å². The van der Waals surface area contributed by atoms with Gasteiger partial charge in [0, 0.05) is 24.8 Å². The molecule has 0 aliphatic carbocycles. The Bertz CT molecular complexity index is 1120. The number of hydrogen-bond acceptors (Lipinski definition) is 7. The van der Waals surface area contributed by atoms with Crippen molar-refractivity contribution in [3.8, 4) is 11.5 Å². The molecule has 0 spiro atoms. The van der Waals surface area contributed by atoms with E-state index in [2.05, 4.69) is 5.32 Å². The Balaban J connectivity index is 2.10. The number of halogens is 1. The first-order chi connectivity index (χ1) is 16.2. The number of amides is 1. The Labute approximate surface area is 198 Å². The third kappa shape index (κ3) is 6.67. The number of sulfonamides is 1. The molecule has 2 aromatic carbocycles. The van der Waals surface area contributed by atoms with Gasteiger partial charge in [-0.25, -0.2) is 17.6 Å². The summed E-state index contributed by atoms with van der Waals surface area (Å²) >= 11 is 0. The molecule has 0 saturated heterocycles. The third-order valence-electron chi connectivity index (χ3n) is 4.66. The zero-order chi connectivity index (χ0) is 25.3. The summed E-state index contributed by atoms with van der Waals surface area (Å²) in [5, 5.41) is 2.55. The van der Waals surface area contributed by atoms with E-state index in [1.165, 1.54) is 4.31 Å². The molecule has 11 heteroatoms. The highest BCUT2D eigenvalue weighted by molar-refractivity contribution is 7.89. The number of nitrogens with zero attached hydrogens (tertiary/aromatic N) is 1. The summed E-state index contributed by atoms with van der Waals surface area (Å²) in [6, 6.07) is 7.65. The molecule has 0 saturated carbocycles. The minimum Gasteiger partial charge on any atom is -0.490 e. The minimum atomic E-state index is -3.91. The molecule has 0 aromatic heterocycles. The number of rotatable bonds is 12. The Morgan fingerprint density at radius 3 is 2.21 bits per heavy atom. The standard InChI is InChI=1S/C23H29FN2O7S/c1-5-26(6-2)34(29,30)17-10-11-19(24)18(14-17)23(28)33-15-22(27)25-16-9-12-20(31-7-3)21(13-16)32-8-4/h9-14H,5-8,15H2,1-4H3,(H,25,27). The monoisotopic (exact) mass is 496 g/mol. The van der Waals surface area contributed by atoms with Gasteiger partial charge in [-0.3, -0.25) is 4.79 Å². The molecule has 0 heterocycles. The number of anilines is 1. The van der Waals surface area contributed by atoms with Crippen LogP contribution in [0.4, 0.5) is 10.1 Å². The second-order valence-electron chi connectivity index (χ2n) is 6.88. The van der Waals surface area contributed by atoms with Gasteiger partial charge >= 0.3 is 5.97 Å². The van der Waals surface area contributed by atoms with Gasteiger partial charge in [0.15, 0.2) is 18.1 Å². The summed E-state index contributed by atoms with van der Waals surface area (Å²) in [5.74, 6) is -1.84. The summed E-state index contributed by atoms with van der Waals surface area (Å²) in [4.78, 5) is 24.4. The number of ether oxygens (including phenoxy) is 3. The SMILES string of the molecule is CCOc1ccc(NC(=O)COC(=O)c2cc(S(=O)(=O)N(CC)CC)ccc2F)cc1OCC. The first kappa shape index (κ1) is 27.1. The van der Waals surface area contributed by atoms with Crippen LogP contribution in [0.3, 0.4) is 0 Å². The molecule has 1 N–H and O–H groups in total. The van der Waals surface area contributed by atoms with E-state index in [9.17, 15) is 22.4 Å². The Hall–Kier alpha value is -3.18. The Morgan fingerprint density at radius 1 is 0.941 bits per heavy atom. The predicted molar refractivity (Wildman–Crippen MR) is 124 cm³/mol. The fourth-order valence-corrected chi connectivity index (χ4v) is 4.55. The second-order valence-corrected chi connectivity index (χ2v) is 8.82. The lowest BCUT2D eigenvalue weighted by atomic mass is 10.2. The van der Waals surface area contributed by atoms with Gasteiger partial charge in [-0.1, -0.05) is 13.8 Å². The van der Waals surface area contributed by atoms with Crippen LogP contribution in [0.15, 0.2) is 41.3 Å². The van der Waals surface area contributed by atoms with E-state index in [-0.39, 0.29) is 18.0 Å². The normalized spacial score (nSPS) is 11.2. The zero-order valence-electron chi connectivity index (χ0n) is 19.6. The number of esters is 1. The lowest BCUT2D eigenvalue weighted by Crippen LogP contribution is -2.30. The molecule has 0 radical (unpaired) electrons. The molecule has 186 valence electrons. The molecule has 0 atom stereocenters. The topological polar surface area (TPSA) is 111 Å². The van der Waals surface area contributed by atoms with Crippen molar-refractivity contribution in [1.29, 1.82) is 0 Å². The van der Waals surface area contributed by atoms with Gasteiger partial charge in [0.1, 0.15) is 5.82 Å². The molecular formula is C23H29FN2O7S. The molecule has 9 nitrogen and oxygen atoms in total. The average molecular weight is 497 g/mol. The highest BCUT2D eigenvalue weighted by Gasteiger charge is 2.25. The summed E-state index contributed by atoms with van der Waals surface area (Å²) in [7, 11) is -3.91. The van der Waals surface area contributed by atoms with Gasteiger partial charge in [0.05, 0.1) is 23.7 Å². The van der Waals surface area contributed by atoms with Crippen molar-refractivity contribution in [3.63, 3.8) is 0 Å². The highest BCUT2D eigenvalue weighted by Crippen LogP contribution is 2.30. The summed E-state index contributed by atoms with van der Waals surface area (Å²) < 4.78 is 56.6. The lowest BCUT2D eigenvalue weighted by molar-refractivity contribution is -0.119. The largest absolute Gasteiger partial charge is 0.490 e. The minimum absolute atomic E-state index is 0.215.